The van der Waals surface area contributed by atoms with Gasteiger partial charge in [0.1, 0.15) is 5.60 Å². The average Bonchev–Trinajstić information content (AvgIpc) is 2.29. The van der Waals surface area contributed by atoms with Gasteiger partial charge in [-0.2, -0.15) is 0 Å². The van der Waals surface area contributed by atoms with Gasteiger partial charge in [0, 0.05) is 0 Å². The summed E-state index contributed by atoms with van der Waals surface area (Å²) in [7, 11) is 0. The molecule has 2 N–H and O–H groups in total. The number of nitrogens with one attached hydrogen (secondary N) is 1. The van der Waals surface area contributed by atoms with Gasteiger partial charge in [0.2, 0.25) is 6.41 Å². The molecule has 0 saturated carbocycles. The Morgan fingerprint density at radius 3 is 2.42 bits per heavy atom. The number of aliphatic hydroxyl groups excluding tert-OH is 1. The van der Waals surface area contributed by atoms with Crippen LogP contribution in [0.2, 0.25) is 0 Å². The third-order valence-electron chi connectivity index (χ3n) is 2.58. The SMILES string of the molecule is C/C=C/C[C@@H](C)[C@@H](O)[C@H](NC=O)C(=O)OC(C)(C)C. The monoisotopic (exact) mass is 271 g/mol. The maximum Gasteiger partial charge on any atom is 0.331 e. The highest BCUT2D eigenvalue weighted by Gasteiger charge is 2.33. The highest BCUT2D eigenvalue weighted by molar-refractivity contribution is 5.79. The number of ether oxygens (including phenoxy) is 1. The van der Waals surface area contributed by atoms with Crippen molar-refractivity contribution in [3.05, 3.63) is 12.2 Å². The normalized spacial score (nSPS) is 16.7. The average molecular weight is 271 g/mol. The van der Waals surface area contributed by atoms with Crippen LogP contribution in [0.15, 0.2) is 12.2 Å². The zero-order chi connectivity index (χ0) is 15.1. The molecule has 0 heterocycles. The van der Waals surface area contributed by atoms with Crippen molar-refractivity contribution < 1.29 is 19.4 Å². The number of hydrogen-bond acceptors (Lipinski definition) is 4. The van der Waals surface area contributed by atoms with Crippen molar-refractivity contribution in [2.75, 3.05) is 0 Å². The lowest BCUT2D eigenvalue weighted by Crippen LogP contribution is -2.50. The second-order valence-electron chi connectivity index (χ2n) is 5.57. The van der Waals surface area contributed by atoms with Gasteiger partial charge < -0.3 is 15.2 Å². The number of rotatable bonds is 7. The molecule has 0 bridgehead atoms. The second-order valence-corrected chi connectivity index (χ2v) is 5.57. The summed E-state index contributed by atoms with van der Waals surface area (Å²) in [5, 5.41) is 12.5. The second kappa shape index (κ2) is 7.94. The lowest BCUT2D eigenvalue weighted by atomic mass is 9.94. The van der Waals surface area contributed by atoms with Gasteiger partial charge in [0.05, 0.1) is 6.10 Å². The van der Waals surface area contributed by atoms with Crippen molar-refractivity contribution in [1.29, 1.82) is 0 Å². The van der Waals surface area contributed by atoms with Crippen LogP contribution in [0.1, 0.15) is 41.0 Å². The van der Waals surface area contributed by atoms with Gasteiger partial charge in [-0.25, -0.2) is 4.79 Å². The summed E-state index contributed by atoms with van der Waals surface area (Å²) >= 11 is 0. The molecule has 0 aromatic heterocycles. The lowest BCUT2D eigenvalue weighted by Gasteiger charge is -2.28. The minimum Gasteiger partial charge on any atom is -0.458 e. The van der Waals surface area contributed by atoms with Crippen LogP contribution in [-0.2, 0) is 14.3 Å². The van der Waals surface area contributed by atoms with Crippen molar-refractivity contribution in [1.82, 2.24) is 5.32 Å². The van der Waals surface area contributed by atoms with Gasteiger partial charge >= 0.3 is 5.97 Å². The zero-order valence-electron chi connectivity index (χ0n) is 12.3. The van der Waals surface area contributed by atoms with Crippen molar-refractivity contribution >= 4 is 12.4 Å². The molecule has 0 aliphatic rings. The Kier molecular flexibility index (Phi) is 7.37. The van der Waals surface area contributed by atoms with E-state index in [0.29, 0.717) is 12.8 Å². The van der Waals surface area contributed by atoms with Crippen LogP contribution in [0.3, 0.4) is 0 Å². The summed E-state index contributed by atoms with van der Waals surface area (Å²) in [4.78, 5) is 22.5. The van der Waals surface area contributed by atoms with Gasteiger partial charge in [0.25, 0.3) is 0 Å². The molecule has 110 valence electrons. The molecule has 0 spiro atoms. The van der Waals surface area contributed by atoms with Gasteiger partial charge in [-0.05, 0) is 40.0 Å². The van der Waals surface area contributed by atoms with E-state index in [1.54, 1.807) is 20.8 Å². The van der Waals surface area contributed by atoms with Gasteiger partial charge in [-0.3, -0.25) is 4.79 Å². The molecule has 0 aliphatic heterocycles. The summed E-state index contributed by atoms with van der Waals surface area (Å²) in [5.74, 6) is -0.791. The highest BCUT2D eigenvalue weighted by Crippen LogP contribution is 2.16. The van der Waals surface area contributed by atoms with Gasteiger partial charge in [0.15, 0.2) is 6.04 Å². The summed E-state index contributed by atoms with van der Waals surface area (Å²) < 4.78 is 5.19. The maximum absolute atomic E-state index is 11.9. The van der Waals surface area contributed by atoms with E-state index in [1.807, 2.05) is 26.0 Å². The van der Waals surface area contributed by atoms with Crippen LogP contribution < -0.4 is 5.32 Å². The molecule has 5 nitrogen and oxygen atoms in total. The van der Waals surface area contributed by atoms with Crippen LogP contribution in [0.25, 0.3) is 0 Å². The van der Waals surface area contributed by atoms with Gasteiger partial charge in [-0.1, -0.05) is 19.1 Å². The number of allylic oxidation sites excluding steroid dienone is 2. The highest BCUT2D eigenvalue weighted by atomic mass is 16.6. The Labute approximate surface area is 115 Å². The van der Waals surface area contributed by atoms with E-state index in [9.17, 15) is 14.7 Å². The van der Waals surface area contributed by atoms with Crippen molar-refractivity contribution in [2.45, 2.75) is 58.8 Å². The molecular weight excluding hydrogens is 246 g/mol. The molecule has 0 rings (SSSR count). The maximum atomic E-state index is 11.9. The summed E-state index contributed by atoms with van der Waals surface area (Å²) in [6.45, 7) is 8.90. The van der Waals surface area contributed by atoms with Crippen LogP contribution in [0.4, 0.5) is 0 Å². The van der Waals surface area contributed by atoms with E-state index in [4.69, 9.17) is 4.74 Å². The molecule has 0 radical (unpaired) electrons. The first-order chi connectivity index (χ1) is 8.72. The minimum absolute atomic E-state index is 0.166. The fourth-order valence-electron chi connectivity index (χ4n) is 1.56. The summed E-state index contributed by atoms with van der Waals surface area (Å²) in [6.07, 6.45) is 3.81. The van der Waals surface area contributed by atoms with E-state index in [2.05, 4.69) is 5.32 Å². The van der Waals surface area contributed by atoms with E-state index in [1.165, 1.54) is 0 Å². The summed E-state index contributed by atoms with van der Waals surface area (Å²) in [5.41, 5.74) is -0.661. The van der Waals surface area contributed by atoms with E-state index in [-0.39, 0.29) is 5.92 Å². The smallest absolute Gasteiger partial charge is 0.331 e. The standard InChI is InChI=1S/C14H25NO4/c1-6-7-8-10(2)12(17)11(15-9-16)13(18)19-14(3,4)5/h6-7,9-12,17H,8H2,1-5H3,(H,15,16)/b7-6+/t10-,11+,12-/m1/s1. The molecule has 3 atom stereocenters. The van der Waals surface area contributed by atoms with Crippen molar-refractivity contribution in [2.24, 2.45) is 5.92 Å². The van der Waals surface area contributed by atoms with E-state index >= 15 is 0 Å². The first-order valence-corrected chi connectivity index (χ1v) is 6.44. The molecule has 0 aliphatic carbocycles. The Balaban J connectivity index is 4.78. The molecule has 19 heavy (non-hydrogen) atoms. The van der Waals surface area contributed by atoms with Gasteiger partial charge in [-0.15, -0.1) is 0 Å². The molecule has 0 saturated heterocycles. The Morgan fingerprint density at radius 2 is 2.00 bits per heavy atom. The first-order valence-electron chi connectivity index (χ1n) is 6.44. The van der Waals surface area contributed by atoms with Crippen molar-refractivity contribution in [3.8, 4) is 0 Å². The Hall–Kier alpha value is -1.36. The largest absolute Gasteiger partial charge is 0.458 e. The summed E-state index contributed by atoms with van der Waals surface area (Å²) in [6, 6.07) is -1.04. The molecule has 0 fully saturated rings. The zero-order valence-corrected chi connectivity index (χ0v) is 12.3. The lowest BCUT2D eigenvalue weighted by molar-refractivity contribution is -0.162. The predicted octanol–water partition coefficient (Wildman–Crippen LogP) is 1.41. The first kappa shape index (κ1) is 17.6. The number of esters is 1. The topological polar surface area (TPSA) is 75.6 Å². The molecule has 5 heteroatoms. The molecule has 1 amide bonds. The number of hydrogen-bond donors (Lipinski definition) is 2. The number of aliphatic hydroxyl groups is 1. The fourth-order valence-corrected chi connectivity index (χ4v) is 1.56. The Bertz CT molecular complexity index is 320. The number of carbonyl (C=O) groups excluding carboxylic acids is 2. The van der Waals surface area contributed by atoms with Crippen molar-refractivity contribution in [3.63, 3.8) is 0 Å². The van der Waals surface area contributed by atoms with Crippen LogP contribution in [0.5, 0.6) is 0 Å². The quantitative estimate of drug-likeness (QED) is 0.417. The van der Waals surface area contributed by atoms with Crippen LogP contribution in [-0.4, -0.2) is 35.2 Å². The number of carbonyl (C=O) groups is 2. The predicted molar refractivity (Wildman–Crippen MR) is 73.4 cm³/mol. The third kappa shape index (κ3) is 6.96. The molecule has 0 aromatic carbocycles. The van der Waals surface area contributed by atoms with Crippen LogP contribution >= 0.6 is 0 Å². The molecule has 0 unspecified atom stereocenters. The Morgan fingerprint density at radius 1 is 1.42 bits per heavy atom. The van der Waals surface area contributed by atoms with E-state index in [0.717, 1.165) is 0 Å². The molecule has 0 aromatic rings. The fraction of sp³-hybridized carbons (Fsp3) is 0.714. The third-order valence-corrected chi connectivity index (χ3v) is 2.58. The number of amides is 1. The minimum atomic E-state index is -1.04. The van der Waals surface area contributed by atoms with Crippen LogP contribution in [0, 0.1) is 5.92 Å². The molecular formula is C14H25NO4. The van der Waals surface area contributed by atoms with E-state index < -0.39 is 23.7 Å².